The van der Waals surface area contributed by atoms with Crippen LogP contribution in [0.1, 0.15) is 5.56 Å². The number of rotatable bonds is 9. The number of carboxylic acid groups (broad SMARTS) is 1. The van der Waals surface area contributed by atoms with Gasteiger partial charge in [0.25, 0.3) is 0 Å². The molecular formula is C19H21NO5S. The molecule has 7 heteroatoms. The van der Waals surface area contributed by atoms with E-state index in [9.17, 15) is 9.59 Å². The van der Waals surface area contributed by atoms with Crippen LogP contribution in [0.3, 0.4) is 0 Å². The molecule has 1 N–H and O–H groups in total. The van der Waals surface area contributed by atoms with E-state index in [1.165, 1.54) is 30.9 Å². The third-order valence-electron chi connectivity index (χ3n) is 3.57. The molecule has 1 amide bonds. The maximum Gasteiger partial charge on any atom is 0.323 e. The lowest BCUT2D eigenvalue weighted by Gasteiger charge is -2.21. The lowest BCUT2D eigenvalue weighted by atomic mass is 10.2. The van der Waals surface area contributed by atoms with Crippen LogP contribution in [-0.2, 0) is 16.1 Å². The summed E-state index contributed by atoms with van der Waals surface area (Å²) in [5, 5.41) is 9.15. The zero-order valence-corrected chi connectivity index (χ0v) is 15.5. The number of benzene rings is 2. The Morgan fingerprint density at radius 3 is 2.19 bits per heavy atom. The van der Waals surface area contributed by atoms with E-state index < -0.39 is 5.97 Å². The SMILES string of the molecule is COc1cc(CN(CC(=O)O)C(=O)CSc2ccccc2)cc(OC)c1. The average Bonchev–Trinajstić information content (AvgIpc) is 2.65. The van der Waals surface area contributed by atoms with Gasteiger partial charge in [0.15, 0.2) is 0 Å². The second kappa shape index (κ2) is 9.72. The summed E-state index contributed by atoms with van der Waals surface area (Å²) in [6.07, 6.45) is 0. The molecule has 0 saturated heterocycles. The number of carbonyl (C=O) groups excluding carboxylic acids is 1. The van der Waals surface area contributed by atoms with Crippen molar-refractivity contribution < 1.29 is 24.2 Å². The number of methoxy groups -OCH3 is 2. The number of thioether (sulfide) groups is 1. The van der Waals surface area contributed by atoms with Gasteiger partial charge in [-0.1, -0.05) is 18.2 Å². The highest BCUT2D eigenvalue weighted by Crippen LogP contribution is 2.24. The Balaban J connectivity index is 2.11. The van der Waals surface area contributed by atoms with E-state index in [0.29, 0.717) is 11.5 Å². The van der Waals surface area contributed by atoms with Crippen LogP contribution in [0.2, 0.25) is 0 Å². The number of carboxylic acids is 1. The topological polar surface area (TPSA) is 76.1 Å². The van der Waals surface area contributed by atoms with Crippen molar-refractivity contribution in [2.45, 2.75) is 11.4 Å². The molecule has 2 rings (SSSR count). The predicted octanol–water partition coefficient (Wildman–Crippen LogP) is 2.91. The third-order valence-corrected chi connectivity index (χ3v) is 4.57. The number of amides is 1. The largest absolute Gasteiger partial charge is 0.497 e. The molecule has 0 spiro atoms. The zero-order chi connectivity index (χ0) is 18.9. The van der Waals surface area contributed by atoms with Gasteiger partial charge >= 0.3 is 5.97 Å². The fourth-order valence-electron chi connectivity index (χ4n) is 2.33. The van der Waals surface area contributed by atoms with Crippen molar-refractivity contribution in [2.75, 3.05) is 26.5 Å². The molecule has 0 aliphatic rings. The zero-order valence-electron chi connectivity index (χ0n) is 14.7. The molecule has 0 atom stereocenters. The summed E-state index contributed by atoms with van der Waals surface area (Å²) < 4.78 is 10.4. The summed E-state index contributed by atoms with van der Waals surface area (Å²) in [5.41, 5.74) is 0.737. The second-order valence-corrected chi connectivity index (χ2v) is 6.51. The predicted molar refractivity (Wildman–Crippen MR) is 99.8 cm³/mol. The molecule has 0 fully saturated rings. The van der Waals surface area contributed by atoms with Gasteiger partial charge < -0.3 is 19.5 Å². The molecule has 0 aromatic heterocycles. The molecule has 0 bridgehead atoms. The van der Waals surface area contributed by atoms with Crippen molar-refractivity contribution in [1.82, 2.24) is 4.90 Å². The van der Waals surface area contributed by atoms with Crippen LogP contribution in [0, 0.1) is 0 Å². The van der Waals surface area contributed by atoms with Crippen LogP contribution < -0.4 is 9.47 Å². The monoisotopic (exact) mass is 375 g/mol. The minimum atomic E-state index is -1.06. The Morgan fingerprint density at radius 2 is 1.65 bits per heavy atom. The summed E-state index contributed by atoms with van der Waals surface area (Å²) in [7, 11) is 3.07. The third kappa shape index (κ3) is 6.00. The van der Waals surface area contributed by atoms with E-state index >= 15 is 0 Å². The molecule has 0 radical (unpaired) electrons. The first kappa shape index (κ1) is 19.7. The lowest BCUT2D eigenvalue weighted by Crippen LogP contribution is -2.36. The van der Waals surface area contributed by atoms with Crippen molar-refractivity contribution in [3.05, 3.63) is 54.1 Å². The molecule has 138 valence electrons. The molecule has 26 heavy (non-hydrogen) atoms. The van der Waals surface area contributed by atoms with Crippen LogP contribution in [0.25, 0.3) is 0 Å². The first-order valence-electron chi connectivity index (χ1n) is 7.91. The molecular weight excluding hydrogens is 354 g/mol. The highest BCUT2D eigenvalue weighted by molar-refractivity contribution is 8.00. The van der Waals surface area contributed by atoms with Gasteiger partial charge in [0.1, 0.15) is 18.0 Å². The molecule has 0 unspecified atom stereocenters. The molecule has 2 aromatic rings. The lowest BCUT2D eigenvalue weighted by molar-refractivity contribution is -0.143. The summed E-state index contributed by atoms with van der Waals surface area (Å²) in [6, 6.07) is 14.7. The summed E-state index contributed by atoms with van der Waals surface area (Å²) in [6.45, 7) is -0.207. The molecule has 0 aliphatic heterocycles. The van der Waals surface area contributed by atoms with E-state index in [1.54, 1.807) is 18.2 Å². The Kier molecular flexibility index (Phi) is 7.35. The van der Waals surface area contributed by atoms with Crippen LogP contribution in [-0.4, -0.2) is 48.4 Å². The van der Waals surface area contributed by atoms with Gasteiger partial charge in [-0.15, -0.1) is 11.8 Å². The smallest absolute Gasteiger partial charge is 0.323 e. The Bertz CT molecular complexity index is 729. The van der Waals surface area contributed by atoms with Crippen molar-refractivity contribution >= 4 is 23.6 Å². The van der Waals surface area contributed by atoms with Crippen molar-refractivity contribution in [3.8, 4) is 11.5 Å². The number of hydrogen-bond donors (Lipinski definition) is 1. The quantitative estimate of drug-likeness (QED) is 0.679. The normalized spacial score (nSPS) is 10.2. The maximum absolute atomic E-state index is 12.5. The molecule has 0 heterocycles. The fourth-order valence-corrected chi connectivity index (χ4v) is 3.15. The van der Waals surface area contributed by atoms with Crippen LogP contribution >= 0.6 is 11.8 Å². The van der Waals surface area contributed by atoms with Crippen molar-refractivity contribution in [1.29, 1.82) is 0 Å². The molecule has 2 aromatic carbocycles. The number of ether oxygens (including phenoxy) is 2. The average molecular weight is 375 g/mol. The molecule has 6 nitrogen and oxygen atoms in total. The van der Waals surface area contributed by atoms with Crippen LogP contribution in [0.15, 0.2) is 53.4 Å². The maximum atomic E-state index is 12.5. The fraction of sp³-hybridized carbons (Fsp3) is 0.263. The van der Waals surface area contributed by atoms with E-state index in [4.69, 9.17) is 14.6 Å². The van der Waals surface area contributed by atoms with Gasteiger partial charge in [0.2, 0.25) is 5.91 Å². The van der Waals surface area contributed by atoms with E-state index in [1.807, 2.05) is 30.3 Å². The minimum absolute atomic E-state index is 0.161. The summed E-state index contributed by atoms with van der Waals surface area (Å²) in [5.74, 6) is 0.0284. The van der Waals surface area contributed by atoms with E-state index in [-0.39, 0.29) is 24.7 Å². The van der Waals surface area contributed by atoms with Crippen molar-refractivity contribution in [3.63, 3.8) is 0 Å². The van der Waals surface area contributed by atoms with Gasteiger partial charge in [-0.3, -0.25) is 9.59 Å². The van der Waals surface area contributed by atoms with E-state index in [0.717, 1.165) is 10.5 Å². The van der Waals surface area contributed by atoms with Gasteiger partial charge in [-0.25, -0.2) is 0 Å². The van der Waals surface area contributed by atoms with Gasteiger partial charge in [0.05, 0.1) is 20.0 Å². The highest BCUT2D eigenvalue weighted by atomic mass is 32.2. The Hall–Kier alpha value is -2.67. The van der Waals surface area contributed by atoms with Gasteiger partial charge in [0, 0.05) is 17.5 Å². The number of nitrogens with zero attached hydrogens (tertiary/aromatic N) is 1. The molecule has 0 aliphatic carbocycles. The first-order valence-corrected chi connectivity index (χ1v) is 8.89. The Labute approximate surface area is 156 Å². The summed E-state index contributed by atoms with van der Waals surface area (Å²) >= 11 is 1.38. The second-order valence-electron chi connectivity index (χ2n) is 5.47. The number of aliphatic carboxylic acids is 1. The van der Waals surface area contributed by atoms with E-state index in [2.05, 4.69) is 0 Å². The number of hydrogen-bond acceptors (Lipinski definition) is 5. The van der Waals surface area contributed by atoms with Crippen LogP contribution in [0.5, 0.6) is 11.5 Å². The van der Waals surface area contributed by atoms with Gasteiger partial charge in [-0.05, 0) is 29.8 Å². The van der Waals surface area contributed by atoms with Gasteiger partial charge in [-0.2, -0.15) is 0 Å². The van der Waals surface area contributed by atoms with Crippen molar-refractivity contribution in [2.24, 2.45) is 0 Å². The standard InChI is InChI=1S/C19H21NO5S/c1-24-15-8-14(9-16(10-15)25-2)11-20(12-19(22)23)18(21)13-26-17-6-4-3-5-7-17/h3-10H,11-13H2,1-2H3,(H,22,23). The number of carbonyl (C=O) groups is 2. The summed E-state index contributed by atoms with van der Waals surface area (Å²) in [4.78, 5) is 26.0. The highest BCUT2D eigenvalue weighted by Gasteiger charge is 2.18. The molecule has 0 saturated carbocycles. The first-order chi connectivity index (χ1) is 12.5. The minimum Gasteiger partial charge on any atom is -0.497 e. The Morgan fingerprint density at radius 1 is 1.04 bits per heavy atom. The van der Waals surface area contributed by atoms with Crippen LogP contribution in [0.4, 0.5) is 0 Å².